The van der Waals surface area contributed by atoms with Gasteiger partial charge in [0.25, 0.3) is 5.91 Å². The van der Waals surface area contributed by atoms with Crippen molar-refractivity contribution in [3.05, 3.63) is 71.0 Å². The number of benzene rings is 2. The van der Waals surface area contributed by atoms with Gasteiger partial charge in [-0.25, -0.2) is 9.18 Å². The predicted octanol–water partition coefficient (Wildman–Crippen LogP) is 3.64. The van der Waals surface area contributed by atoms with Crippen molar-refractivity contribution in [2.75, 3.05) is 40.3 Å². The highest BCUT2D eigenvalue weighted by molar-refractivity contribution is 6.05. The first kappa shape index (κ1) is 22.0. The summed E-state index contributed by atoms with van der Waals surface area (Å²) in [5.41, 5.74) is 1.79. The van der Waals surface area contributed by atoms with Gasteiger partial charge in [0.15, 0.2) is 0 Å². The van der Waals surface area contributed by atoms with Gasteiger partial charge < -0.3 is 14.5 Å². The second-order valence-electron chi connectivity index (χ2n) is 7.91. The minimum atomic E-state index is -0.503. The third-order valence-electron chi connectivity index (χ3n) is 5.67. The lowest BCUT2D eigenvalue weighted by Crippen LogP contribution is -2.42. The summed E-state index contributed by atoms with van der Waals surface area (Å²) in [6.45, 7) is 3.53. The summed E-state index contributed by atoms with van der Waals surface area (Å²) in [4.78, 5) is 29.1. The quantitative estimate of drug-likeness (QED) is 0.652. The summed E-state index contributed by atoms with van der Waals surface area (Å²) in [6.07, 6.45) is 3.05. The molecule has 30 heavy (non-hydrogen) atoms. The topological polar surface area (TPSA) is 49.9 Å². The highest BCUT2D eigenvalue weighted by Gasteiger charge is 2.25. The maximum absolute atomic E-state index is 13.1. The van der Waals surface area contributed by atoms with Crippen LogP contribution in [0.1, 0.15) is 39.1 Å². The van der Waals surface area contributed by atoms with Crippen molar-refractivity contribution >= 4 is 11.9 Å². The van der Waals surface area contributed by atoms with Gasteiger partial charge >= 0.3 is 5.97 Å². The molecule has 0 unspecified atom stereocenters. The number of likely N-dealkylation sites (tertiary alicyclic amines) is 1. The smallest absolute Gasteiger partial charge is 0.338 e. The first-order valence-corrected chi connectivity index (χ1v) is 10.4. The zero-order valence-corrected chi connectivity index (χ0v) is 17.6. The zero-order chi connectivity index (χ0) is 21.5. The molecule has 3 rings (SSSR count). The van der Waals surface area contributed by atoms with Gasteiger partial charge in [0.1, 0.15) is 5.82 Å². The Kier molecular flexibility index (Phi) is 7.57. The van der Waals surface area contributed by atoms with Gasteiger partial charge in [-0.2, -0.15) is 0 Å². The molecule has 1 aliphatic heterocycles. The molecule has 5 nitrogen and oxygen atoms in total. The van der Waals surface area contributed by atoms with E-state index in [-0.39, 0.29) is 11.7 Å². The van der Waals surface area contributed by atoms with Crippen molar-refractivity contribution in [1.29, 1.82) is 0 Å². The lowest BCUT2D eigenvalue weighted by atomic mass is 9.96. The van der Waals surface area contributed by atoms with Gasteiger partial charge in [-0.15, -0.1) is 0 Å². The van der Waals surface area contributed by atoms with Gasteiger partial charge in [-0.3, -0.25) is 4.79 Å². The predicted molar refractivity (Wildman–Crippen MR) is 114 cm³/mol. The Hall–Kier alpha value is -2.73. The van der Waals surface area contributed by atoms with Crippen molar-refractivity contribution in [2.24, 2.45) is 5.92 Å². The summed E-state index contributed by atoms with van der Waals surface area (Å²) >= 11 is 0. The van der Waals surface area contributed by atoms with E-state index in [0.29, 0.717) is 23.6 Å². The summed E-state index contributed by atoms with van der Waals surface area (Å²) in [6, 6.07) is 13.4. The van der Waals surface area contributed by atoms with Crippen LogP contribution in [0.2, 0.25) is 0 Å². The maximum atomic E-state index is 13.1. The lowest BCUT2D eigenvalue weighted by molar-refractivity contribution is 0.0589. The average Bonchev–Trinajstić information content (AvgIpc) is 2.78. The number of methoxy groups -OCH3 is 1. The molecule has 1 fully saturated rings. The van der Waals surface area contributed by atoms with Crippen LogP contribution in [-0.2, 0) is 11.2 Å². The molecule has 1 aliphatic rings. The normalized spacial score (nSPS) is 16.8. The SMILES string of the molecule is COC(=O)c1ccccc1C(=O)N(C)C[C@@H]1CCCN(CCc2ccc(F)cc2)C1. The summed E-state index contributed by atoms with van der Waals surface area (Å²) in [5.74, 6) is -0.499. The van der Waals surface area contributed by atoms with E-state index in [1.807, 2.05) is 12.1 Å². The molecule has 2 aromatic rings. The number of carbonyl (C=O) groups excluding carboxylic acids is 2. The fraction of sp³-hybridized carbons (Fsp3) is 0.417. The second kappa shape index (κ2) is 10.3. The molecule has 1 atom stereocenters. The molecule has 0 spiro atoms. The van der Waals surface area contributed by atoms with Gasteiger partial charge in [0, 0.05) is 26.7 Å². The second-order valence-corrected chi connectivity index (χ2v) is 7.91. The van der Waals surface area contributed by atoms with E-state index in [4.69, 9.17) is 4.74 Å². The highest BCUT2D eigenvalue weighted by Crippen LogP contribution is 2.20. The molecule has 1 saturated heterocycles. The average molecular weight is 413 g/mol. The Labute approximate surface area is 177 Å². The van der Waals surface area contributed by atoms with Gasteiger partial charge in [-0.05, 0) is 61.6 Å². The number of ether oxygens (including phenoxy) is 1. The highest BCUT2D eigenvalue weighted by atomic mass is 19.1. The molecule has 160 valence electrons. The van der Waals surface area contributed by atoms with Crippen molar-refractivity contribution in [3.63, 3.8) is 0 Å². The number of rotatable bonds is 7. The molecule has 1 amide bonds. The van der Waals surface area contributed by atoms with Crippen LogP contribution in [0.4, 0.5) is 4.39 Å². The van der Waals surface area contributed by atoms with Gasteiger partial charge in [0.2, 0.25) is 0 Å². The third-order valence-corrected chi connectivity index (χ3v) is 5.67. The first-order chi connectivity index (χ1) is 14.5. The molecular weight excluding hydrogens is 383 g/mol. The van der Waals surface area contributed by atoms with Crippen LogP contribution in [0.15, 0.2) is 48.5 Å². The van der Waals surface area contributed by atoms with Crippen LogP contribution < -0.4 is 0 Å². The minimum Gasteiger partial charge on any atom is -0.465 e. The molecule has 0 saturated carbocycles. The number of halogens is 1. The molecule has 6 heteroatoms. The molecule has 0 N–H and O–H groups in total. The Morgan fingerprint density at radius 1 is 1.13 bits per heavy atom. The van der Waals surface area contributed by atoms with E-state index in [2.05, 4.69) is 4.90 Å². The molecule has 0 radical (unpaired) electrons. The van der Waals surface area contributed by atoms with Crippen LogP contribution in [0.5, 0.6) is 0 Å². The van der Waals surface area contributed by atoms with E-state index in [1.165, 1.54) is 19.2 Å². The van der Waals surface area contributed by atoms with Crippen molar-refractivity contribution in [3.8, 4) is 0 Å². The Morgan fingerprint density at radius 3 is 2.53 bits per heavy atom. The number of esters is 1. The molecule has 1 heterocycles. The number of hydrogen-bond acceptors (Lipinski definition) is 4. The number of hydrogen-bond donors (Lipinski definition) is 0. The Bertz CT molecular complexity index is 869. The van der Waals surface area contributed by atoms with Crippen LogP contribution in [-0.4, -0.2) is 62.0 Å². The van der Waals surface area contributed by atoms with Crippen LogP contribution in [0.25, 0.3) is 0 Å². The lowest BCUT2D eigenvalue weighted by Gasteiger charge is -2.35. The fourth-order valence-electron chi connectivity index (χ4n) is 4.08. The van der Waals surface area contributed by atoms with Crippen LogP contribution in [0.3, 0.4) is 0 Å². The maximum Gasteiger partial charge on any atom is 0.338 e. The number of piperidine rings is 1. The molecule has 0 bridgehead atoms. The standard InChI is InChI=1S/C24H29FN2O3/c1-26(23(28)21-7-3-4-8-22(21)24(29)30-2)16-19-6-5-14-27(17-19)15-13-18-9-11-20(25)12-10-18/h3-4,7-12,19H,5-6,13-17H2,1-2H3/t19-/m0/s1. The minimum absolute atomic E-state index is 0.167. The monoisotopic (exact) mass is 412 g/mol. The van der Waals surface area contributed by atoms with Crippen molar-refractivity contribution in [2.45, 2.75) is 19.3 Å². The van der Waals surface area contributed by atoms with E-state index >= 15 is 0 Å². The summed E-state index contributed by atoms with van der Waals surface area (Å²) in [7, 11) is 3.10. The van der Waals surface area contributed by atoms with E-state index in [9.17, 15) is 14.0 Å². The first-order valence-electron chi connectivity index (χ1n) is 10.4. The van der Waals surface area contributed by atoms with E-state index in [0.717, 1.165) is 44.5 Å². The molecule has 0 aromatic heterocycles. The Morgan fingerprint density at radius 2 is 1.83 bits per heavy atom. The largest absolute Gasteiger partial charge is 0.465 e. The van der Waals surface area contributed by atoms with Crippen molar-refractivity contribution in [1.82, 2.24) is 9.80 Å². The summed E-state index contributed by atoms with van der Waals surface area (Å²) < 4.78 is 17.9. The summed E-state index contributed by atoms with van der Waals surface area (Å²) in [5, 5.41) is 0. The van der Waals surface area contributed by atoms with Gasteiger partial charge in [-0.1, -0.05) is 24.3 Å². The van der Waals surface area contributed by atoms with E-state index < -0.39 is 5.97 Å². The van der Waals surface area contributed by atoms with Crippen LogP contribution >= 0.6 is 0 Å². The Balaban J connectivity index is 1.56. The number of amides is 1. The molecular formula is C24H29FN2O3. The zero-order valence-electron chi connectivity index (χ0n) is 17.6. The van der Waals surface area contributed by atoms with Gasteiger partial charge in [0.05, 0.1) is 18.2 Å². The van der Waals surface area contributed by atoms with Crippen LogP contribution in [0, 0.1) is 11.7 Å². The molecule has 2 aromatic carbocycles. The van der Waals surface area contributed by atoms with E-state index in [1.54, 1.807) is 36.2 Å². The molecule has 0 aliphatic carbocycles. The third kappa shape index (κ3) is 5.66. The van der Waals surface area contributed by atoms with Crippen molar-refractivity contribution < 1.29 is 18.7 Å². The fourth-order valence-corrected chi connectivity index (χ4v) is 4.08. The number of carbonyl (C=O) groups is 2. The number of nitrogens with zero attached hydrogens (tertiary/aromatic N) is 2.